The average Bonchev–Trinajstić information content (AvgIpc) is 2.73. The molecule has 1 saturated heterocycles. The van der Waals surface area contributed by atoms with Crippen molar-refractivity contribution in [2.24, 2.45) is 5.92 Å². The first kappa shape index (κ1) is 12.4. The molecule has 0 radical (unpaired) electrons. The molecule has 1 N–H and O–H groups in total. The first-order valence-electron chi connectivity index (χ1n) is 7.46. The van der Waals surface area contributed by atoms with Crippen molar-refractivity contribution < 1.29 is 9.90 Å². The Kier molecular flexibility index (Phi) is 3.57. The van der Waals surface area contributed by atoms with E-state index >= 15 is 0 Å². The average molecular weight is 252 g/mol. The molecule has 18 heavy (non-hydrogen) atoms. The highest BCUT2D eigenvalue weighted by Gasteiger charge is 2.35. The second-order valence-electron chi connectivity index (χ2n) is 6.05. The summed E-state index contributed by atoms with van der Waals surface area (Å²) in [5, 5.41) is 9.93. The zero-order chi connectivity index (χ0) is 12.5. The van der Waals surface area contributed by atoms with E-state index in [9.17, 15) is 9.90 Å². The number of piperazine rings is 1. The zero-order valence-corrected chi connectivity index (χ0v) is 11.1. The van der Waals surface area contributed by atoms with Gasteiger partial charge in [0.25, 0.3) is 0 Å². The summed E-state index contributed by atoms with van der Waals surface area (Å²) in [4.78, 5) is 16.6. The van der Waals surface area contributed by atoms with Crippen LogP contribution in [0.2, 0.25) is 0 Å². The summed E-state index contributed by atoms with van der Waals surface area (Å²) in [6, 6.07) is 0.353. The maximum absolute atomic E-state index is 12.1. The minimum Gasteiger partial charge on any atom is -0.391 e. The molecule has 2 aliphatic carbocycles. The van der Waals surface area contributed by atoms with E-state index in [-0.39, 0.29) is 6.10 Å². The normalized spacial score (nSPS) is 34.6. The van der Waals surface area contributed by atoms with Crippen LogP contribution in [0.3, 0.4) is 0 Å². The lowest BCUT2D eigenvalue weighted by Crippen LogP contribution is -2.55. The lowest BCUT2D eigenvalue weighted by atomic mass is 9.84. The van der Waals surface area contributed by atoms with Gasteiger partial charge in [0.1, 0.15) is 0 Å². The minimum atomic E-state index is -0.140. The Balaban J connectivity index is 1.50. The number of nitrogens with zero attached hydrogens (tertiary/aromatic N) is 2. The summed E-state index contributed by atoms with van der Waals surface area (Å²) in [5.74, 6) is 0.710. The Morgan fingerprint density at radius 1 is 0.944 bits per heavy atom. The van der Waals surface area contributed by atoms with E-state index < -0.39 is 0 Å². The van der Waals surface area contributed by atoms with E-state index in [4.69, 9.17) is 0 Å². The van der Waals surface area contributed by atoms with Crippen LogP contribution in [0, 0.1) is 5.92 Å². The maximum atomic E-state index is 12.1. The summed E-state index contributed by atoms with van der Waals surface area (Å²) in [6.45, 7) is 3.61. The molecule has 2 atom stereocenters. The van der Waals surface area contributed by atoms with Gasteiger partial charge >= 0.3 is 0 Å². The summed E-state index contributed by atoms with van der Waals surface area (Å²) in [5.41, 5.74) is 0. The molecule has 1 amide bonds. The van der Waals surface area contributed by atoms with Crippen molar-refractivity contribution in [3.05, 3.63) is 0 Å². The van der Waals surface area contributed by atoms with Gasteiger partial charge in [-0.2, -0.15) is 0 Å². The summed E-state index contributed by atoms with van der Waals surface area (Å²) in [7, 11) is 0. The Morgan fingerprint density at radius 3 is 2.11 bits per heavy atom. The number of aliphatic hydroxyl groups is 1. The predicted molar refractivity (Wildman–Crippen MR) is 69.1 cm³/mol. The number of rotatable bonds is 2. The Morgan fingerprint density at radius 2 is 1.61 bits per heavy atom. The Hall–Kier alpha value is -0.610. The van der Waals surface area contributed by atoms with E-state index in [0.717, 1.165) is 58.3 Å². The van der Waals surface area contributed by atoms with E-state index in [2.05, 4.69) is 4.90 Å². The van der Waals surface area contributed by atoms with E-state index in [1.807, 2.05) is 4.90 Å². The van der Waals surface area contributed by atoms with Crippen molar-refractivity contribution in [1.29, 1.82) is 0 Å². The molecule has 1 heterocycles. The van der Waals surface area contributed by atoms with Crippen molar-refractivity contribution in [2.45, 2.75) is 50.7 Å². The molecule has 3 fully saturated rings. The number of hydrogen-bond donors (Lipinski definition) is 1. The van der Waals surface area contributed by atoms with Crippen LogP contribution in [-0.2, 0) is 4.79 Å². The molecule has 4 nitrogen and oxygen atoms in total. The third-order valence-electron chi connectivity index (χ3n) is 4.99. The number of carbonyl (C=O) groups excluding carboxylic acids is 1. The third kappa shape index (κ3) is 2.28. The first-order valence-corrected chi connectivity index (χ1v) is 7.46. The van der Waals surface area contributed by atoms with Gasteiger partial charge in [-0.15, -0.1) is 0 Å². The Bertz CT molecular complexity index is 309. The third-order valence-corrected chi connectivity index (χ3v) is 4.99. The summed E-state index contributed by atoms with van der Waals surface area (Å²) >= 11 is 0. The van der Waals surface area contributed by atoms with Crippen LogP contribution in [0.5, 0.6) is 0 Å². The second kappa shape index (κ2) is 5.17. The van der Waals surface area contributed by atoms with Gasteiger partial charge in [-0.3, -0.25) is 9.69 Å². The topological polar surface area (TPSA) is 43.8 Å². The number of carbonyl (C=O) groups is 1. The lowest BCUT2D eigenvalue weighted by Gasteiger charge is -2.41. The van der Waals surface area contributed by atoms with Crippen LogP contribution < -0.4 is 0 Å². The van der Waals surface area contributed by atoms with Gasteiger partial charge in [-0.1, -0.05) is 6.42 Å². The highest BCUT2D eigenvalue weighted by molar-refractivity contribution is 5.79. The molecule has 0 bridgehead atoms. The molecule has 102 valence electrons. The summed E-state index contributed by atoms with van der Waals surface area (Å²) < 4.78 is 0. The van der Waals surface area contributed by atoms with E-state index in [0.29, 0.717) is 17.9 Å². The monoisotopic (exact) mass is 252 g/mol. The van der Waals surface area contributed by atoms with Crippen LogP contribution in [0.15, 0.2) is 0 Å². The zero-order valence-electron chi connectivity index (χ0n) is 11.1. The maximum Gasteiger partial charge on any atom is 0.225 e. The fourth-order valence-electron chi connectivity index (χ4n) is 3.53. The van der Waals surface area contributed by atoms with Gasteiger partial charge in [-0.25, -0.2) is 0 Å². The predicted octanol–water partition coefficient (Wildman–Crippen LogP) is 0.844. The summed E-state index contributed by atoms with van der Waals surface area (Å²) in [6.07, 6.45) is 6.50. The number of hydrogen-bond acceptors (Lipinski definition) is 3. The molecule has 1 aliphatic heterocycles. The van der Waals surface area contributed by atoms with Crippen LogP contribution in [0.25, 0.3) is 0 Å². The highest BCUT2D eigenvalue weighted by atomic mass is 16.3. The van der Waals surface area contributed by atoms with Crippen molar-refractivity contribution in [3.63, 3.8) is 0 Å². The van der Waals surface area contributed by atoms with Crippen LogP contribution in [0.1, 0.15) is 38.5 Å². The lowest BCUT2D eigenvalue weighted by molar-refractivity contribution is -0.140. The van der Waals surface area contributed by atoms with Crippen LogP contribution >= 0.6 is 0 Å². The standard InChI is InChI=1S/C14H24N2O2/c17-13-6-2-5-12(13)15-7-9-16(10-8-15)14(18)11-3-1-4-11/h11-13,17H,1-10H2. The van der Waals surface area contributed by atoms with E-state index in [1.165, 1.54) is 6.42 Å². The molecular weight excluding hydrogens is 228 g/mol. The van der Waals surface area contributed by atoms with Gasteiger partial charge in [0, 0.05) is 38.1 Å². The van der Waals surface area contributed by atoms with Crippen molar-refractivity contribution >= 4 is 5.91 Å². The number of amides is 1. The minimum absolute atomic E-state index is 0.140. The second-order valence-corrected chi connectivity index (χ2v) is 6.05. The van der Waals surface area contributed by atoms with Gasteiger partial charge in [0.05, 0.1) is 6.10 Å². The SMILES string of the molecule is O=C(C1CCC1)N1CCN(C2CCCC2O)CC1. The highest BCUT2D eigenvalue weighted by Crippen LogP contribution is 2.29. The molecule has 3 rings (SSSR count). The first-order chi connectivity index (χ1) is 8.75. The molecule has 0 aromatic heterocycles. The van der Waals surface area contributed by atoms with Gasteiger partial charge in [0.2, 0.25) is 5.91 Å². The molecule has 3 aliphatic rings. The van der Waals surface area contributed by atoms with Gasteiger partial charge in [0.15, 0.2) is 0 Å². The van der Waals surface area contributed by atoms with E-state index in [1.54, 1.807) is 0 Å². The molecule has 2 unspecified atom stereocenters. The van der Waals surface area contributed by atoms with Gasteiger partial charge < -0.3 is 10.0 Å². The van der Waals surface area contributed by atoms with Crippen molar-refractivity contribution in [3.8, 4) is 0 Å². The van der Waals surface area contributed by atoms with Gasteiger partial charge in [-0.05, 0) is 32.1 Å². The molecule has 0 spiro atoms. The largest absolute Gasteiger partial charge is 0.391 e. The van der Waals surface area contributed by atoms with Crippen LogP contribution in [-0.4, -0.2) is 59.1 Å². The molecule has 2 saturated carbocycles. The van der Waals surface area contributed by atoms with Crippen molar-refractivity contribution in [1.82, 2.24) is 9.80 Å². The van der Waals surface area contributed by atoms with Crippen molar-refractivity contribution in [2.75, 3.05) is 26.2 Å². The molecule has 4 heteroatoms. The molecule has 0 aromatic rings. The molecular formula is C14H24N2O2. The Labute approximate surface area is 109 Å². The van der Waals surface area contributed by atoms with Crippen LogP contribution in [0.4, 0.5) is 0 Å². The fraction of sp³-hybridized carbons (Fsp3) is 0.929. The quantitative estimate of drug-likeness (QED) is 0.792. The molecule has 0 aromatic carbocycles. The number of aliphatic hydroxyl groups excluding tert-OH is 1. The smallest absolute Gasteiger partial charge is 0.225 e. The fourth-order valence-corrected chi connectivity index (χ4v) is 3.53.